The first-order valence-electron chi connectivity index (χ1n) is 5.15. The molecule has 1 aromatic heterocycles. The molecule has 1 unspecified atom stereocenters. The van der Waals surface area contributed by atoms with Crippen LogP contribution in [0, 0.1) is 0 Å². The largest absolute Gasteiger partial charge is 0.381 e. The van der Waals surface area contributed by atoms with Crippen LogP contribution in [0.2, 0.25) is 0 Å². The maximum atomic E-state index is 5.39. The van der Waals surface area contributed by atoms with Gasteiger partial charge in [-0.25, -0.2) is 0 Å². The summed E-state index contributed by atoms with van der Waals surface area (Å²) in [6.45, 7) is 2.57. The van der Waals surface area contributed by atoms with Gasteiger partial charge in [-0.2, -0.15) is 0 Å². The van der Waals surface area contributed by atoms with Crippen molar-refractivity contribution in [3.05, 3.63) is 18.0 Å². The quantitative estimate of drug-likeness (QED) is 0.792. The first-order valence-corrected chi connectivity index (χ1v) is 5.15. The van der Waals surface area contributed by atoms with E-state index in [2.05, 4.69) is 10.5 Å². The van der Waals surface area contributed by atoms with Crippen LogP contribution in [-0.4, -0.2) is 24.4 Å². The predicted octanol–water partition coefficient (Wildman–Crippen LogP) is 1.33. The Morgan fingerprint density at radius 3 is 3.29 bits per heavy atom. The van der Waals surface area contributed by atoms with Crippen molar-refractivity contribution in [1.82, 2.24) is 10.5 Å². The molecule has 4 heteroatoms. The number of aromatic nitrogens is 1. The van der Waals surface area contributed by atoms with Crippen molar-refractivity contribution in [3.8, 4) is 0 Å². The summed E-state index contributed by atoms with van der Waals surface area (Å²) in [6.07, 6.45) is 5.04. The van der Waals surface area contributed by atoms with Gasteiger partial charge in [0.15, 0.2) is 0 Å². The summed E-state index contributed by atoms with van der Waals surface area (Å²) in [4.78, 5) is 0. The summed E-state index contributed by atoms with van der Waals surface area (Å²) in [7, 11) is 0. The summed E-state index contributed by atoms with van der Waals surface area (Å²) >= 11 is 0. The molecular weight excluding hydrogens is 180 g/mol. The number of nitrogens with zero attached hydrogens (tertiary/aromatic N) is 1. The van der Waals surface area contributed by atoms with Crippen LogP contribution >= 0.6 is 0 Å². The Hall–Kier alpha value is -0.870. The molecule has 14 heavy (non-hydrogen) atoms. The monoisotopic (exact) mass is 196 g/mol. The summed E-state index contributed by atoms with van der Waals surface area (Å²) in [5.74, 6) is 0. The highest BCUT2D eigenvalue weighted by Crippen LogP contribution is 2.08. The van der Waals surface area contributed by atoms with Gasteiger partial charge >= 0.3 is 0 Å². The van der Waals surface area contributed by atoms with Crippen LogP contribution in [0.3, 0.4) is 0 Å². The van der Waals surface area contributed by atoms with Gasteiger partial charge in [0, 0.05) is 31.9 Å². The van der Waals surface area contributed by atoms with Crippen LogP contribution in [0.25, 0.3) is 0 Å². The maximum absolute atomic E-state index is 5.39. The van der Waals surface area contributed by atoms with Gasteiger partial charge in [-0.05, 0) is 19.3 Å². The zero-order chi connectivity index (χ0) is 9.64. The zero-order valence-corrected chi connectivity index (χ0v) is 8.24. The van der Waals surface area contributed by atoms with Crippen LogP contribution in [0.1, 0.15) is 25.0 Å². The fourth-order valence-electron chi connectivity index (χ4n) is 1.69. The van der Waals surface area contributed by atoms with Crippen molar-refractivity contribution in [1.29, 1.82) is 0 Å². The van der Waals surface area contributed by atoms with Gasteiger partial charge in [-0.1, -0.05) is 5.16 Å². The van der Waals surface area contributed by atoms with E-state index in [0.29, 0.717) is 6.04 Å². The fourth-order valence-corrected chi connectivity index (χ4v) is 1.69. The van der Waals surface area contributed by atoms with Gasteiger partial charge in [0.25, 0.3) is 0 Å². The van der Waals surface area contributed by atoms with Gasteiger partial charge in [0.2, 0.25) is 0 Å². The van der Waals surface area contributed by atoms with Gasteiger partial charge in [0.1, 0.15) is 6.26 Å². The molecule has 0 aromatic carbocycles. The van der Waals surface area contributed by atoms with Crippen molar-refractivity contribution in [2.45, 2.75) is 31.8 Å². The van der Waals surface area contributed by atoms with E-state index in [9.17, 15) is 0 Å². The van der Waals surface area contributed by atoms with E-state index < -0.39 is 0 Å². The second-order valence-electron chi connectivity index (χ2n) is 3.61. The molecule has 0 radical (unpaired) electrons. The van der Waals surface area contributed by atoms with E-state index in [-0.39, 0.29) is 0 Å². The lowest BCUT2D eigenvalue weighted by Crippen LogP contribution is -2.28. The topological polar surface area (TPSA) is 47.3 Å². The molecule has 1 saturated heterocycles. The van der Waals surface area contributed by atoms with Crippen molar-refractivity contribution in [2.75, 3.05) is 13.2 Å². The number of nitrogens with one attached hydrogen (secondary N) is 1. The molecule has 1 fully saturated rings. The van der Waals surface area contributed by atoms with Gasteiger partial charge in [-0.15, -0.1) is 0 Å². The molecule has 0 aliphatic carbocycles. The minimum atomic E-state index is 0.564. The maximum Gasteiger partial charge on any atom is 0.124 e. The molecule has 0 saturated carbocycles. The Kier molecular flexibility index (Phi) is 3.54. The minimum absolute atomic E-state index is 0.564. The van der Waals surface area contributed by atoms with E-state index in [0.717, 1.165) is 38.3 Å². The molecule has 1 aliphatic rings. The van der Waals surface area contributed by atoms with Crippen molar-refractivity contribution in [2.24, 2.45) is 0 Å². The van der Waals surface area contributed by atoms with Crippen molar-refractivity contribution >= 4 is 0 Å². The van der Waals surface area contributed by atoms with Gasteiger partial charge in [-0.3, -0.25) is 0 Å². The van der Waals surface area contributed by atoms with Crippen LogP contribution in [0.15, 0.2) is 16.9 Å². The summed E-state index contributed by atoms with van der Waals surface area (Å²) in [5, 5.41) is 7.32. The predicted molar refractivity (Wildman–Crippen MR) is 51.8 cm³/mol. The van der Waals surface area contributed by atoms with E-state index in [1.807, 2.05) is 6.07 Å². The molecule has 2 heterocycles. The van der Waals surface area contributed by atoms with Gasteiger partial charge < -0.3 is 14.6 Å². The first-order chi connectivity index (χ1) is 6.95. The number of hydrogen-bond acceptors (Lipinski definition) is 4. The lowest BCUT2D eigenvalue weighted by Gasteiger charge is -2.13. The van der Waals surface area contributed by atoms with Crippen molar-refractivity contribution in [3.63, 3.8) is 0 Å². The molecule has 2 rings (SSSR count). The number of hydrogen-bond donors (Lipinski definition) is 1. The third-order valence-electron chi connectivity index (χ3n) is 2.52. The molecular formula is C10H16N2O2. The number of rotatable bonds is 3. The smallest absolute Gasteiger partial charge is 0.124 e. The van der Waals surface area contributed by atoms with E-state index in [4.69, 9.17) is 9.26 Å². The second kappa shape index (κ2) is 5.12. The molecule has 1 aliphatic heterocycles. The van der Waals surface area contributed by atoms with E-state index >= 15 is 0 Å². The number of ether oxygens (including phenoxy) is 1. The van der Waals surface area contributed by atoms with Gasteiger partial charge in [0.05, 0.1) is 5.69 Å². The highest BCUT2D eigenvalue weighted by Gasteiger charge is 2.11. The highest BCUT2D eigenvalue weighted by molar-refractivity contribution is 4.94. The third kappa shape index (κ3) is 2.82. The van der Waals surface area contributed by atoms with E-state index in [1.165, 1.54) is 6.42 Å². The average molecular weight is 196 g/mol. The summed E-state index contributed by atoms with van der Waals surface area (Å²) in [6, 6.07) is 2.45. The Balaban J connectivity index is 1.73. The lowest BCUT2D eigenvalue weighted by molar-refractivity contribution is 0.142. The third-order valence-corrected chi connectivity index (χ3v) is 2.52. The Morgan fingerprint density at radius 1 is 1.43 bits per heavy atom. The molecule has 78 valence electrons. The molecule has 4 nitrogen and oxygen atoms in total. The van der Waals surface area contributed by atoms with Crippen LogP contribution in [-0.2, 0) is 11.3 Å². The van der Waals surface area contributed by atoms with Crippen LogP contribution < -0.4 is 5.32 Å². The normalized spacial score (nSPS) is 23.3. The zero-order valence-electron chi connectivity index (χ0n) is 8.24. The summed E-state index contributed by atoms with van der Waals surface area (Å²) < 4.78 is 10.2. The SMILES string of the molecule is c1cc(CNC2CCCOCC2)no1. The molecule has 0 bridgehead atoms. The van der Waals surface area contributed by atoms with Crippen LogP contribution in [0.4, 0.5) is 0 Å². The molecule has 1 aromatic rings. The Labute approximate surface area is 83.6 Å². The van der Waals surface area contributed by atoms with E-state index in [1.54, 1.807) is 6.26 Å². The fraction of sp³-hybridized carbons (Fsp3) is 0.700. The van der Waals surface area contributed by atoms with Crippen LogP contribution in [0.5, 0.6) is 0 Å². The Morgan fingerprint density at radius 2 is 2.43 bits per heavy atom. The Bertz CT molecular complexity index is 241. The average Bonchev–Trinajstić information content (AvgIpc) is 2.58. The molecule has 0 spiro atoms. The summed E-state index contributed by atoms with van der Waals surface area (Å²) in [5.41, 5.74) is 0.968. The van der Waals surface area contributed by atoms with Crippen molar-refractivity contribution < 1.29 is 9.26 Å². The lowest BCUT2D eigenvalue weighted by atomic mass is 10.1. The standard InChI is InChI=1S/C10H16N2O2/c1-2-9(3-6-13-5-1)11-8-10-4-7-14-12-10/h4,7,9,11H,1-3,5-6,8H2. The molecule has 0 amide bonds. The molecule has 1 atom stereocenters. The molecule has 1 N–H and O–H groups in total. The highest BCUT2D eigenvalue weighted by atomic mass is 16.5. The first kappa shape index (κ1) is 9.68. The second-order valence-corrected chi connectivity index (χ2v) is 3.61. The minimum Gasteiger partial charge on any atom is -0.381 e.